The maximum absolute atomic E-state index is 6.05. The van der Waals surface area contributed by atoms with Crippen LogP contribution in [0.5, 0.6) is 0 Å². The van der Waals surface area contributed by atoms with E-state index in [2.05, 4.69) is 27.4 Å². The summed E-state index contributed by atoms with van der Waals surface area (Å²) in [5, 5.41) is 8.69. The lowest BCUT2D eigenvalue weighted by Crippen LogP contribution is -2.04. The molecular formula is C19H14N6. The predicted molar refractivity (Wildman–Crippen MR) is 95.0 cm³/mol. The Hall–Kier alpha value is -3.54. The van der Waals surface area contributed by atoms with E-state index in [1.807, 2.05) is 48.7 Å². The minimum Gasteiger partial charge on any atom is -0.384 e. The van der Waals surface area contributed by atoms with Crippen molar-refractivity contribution in [2.24, 2.45) is 0 Å². The van der Waals surface area contributed by atoms with E-state index in [4.69, 9.17) is 10.7 Å². The van der Waals surface area contributed by atoms with Crippen molar-refractivity contribution in [1.82, 2.24) is 25.0 Å². The van der Waals surface area contributed by atoms with Gasteiger partial charge in [0.1, 0.15) is 11.5 Å². The molecule has 3 heterocycles. The van der Waals surface area contributed by atoms with Gasteiger partial charge in [0.05, 0.1) is 17.6 Å². The van der Waals surface area contributed by atoms with Crippen molar-refractivity contribution in [3.8, 4) is 28.3 Å². The summed E-state index contributed by atoms with van der Waals surface area (Å²) in [7, 11) is 0. The lowest BCUT2D eigenvalue weighted by molar-refractivity contribution is 0.803. The van der Waals surface area contributed by atoms with Crippen molar-refractivity contribution in [3.05, 3.63) is 72.1 Å². The van der Waals surface area contributed by atoms with Gasteiger partial charge in [-0.2, -0.15) is 0 Å². The van der Waals surface area contributed by atoms with Crippen LogP contribution in [-0.2, 0) is 6.42 Å². The average Bonchev–Trinajstić information content (AvgIpc) is 3.10. The molecule has 5 rings (SSSR count). The largest absolute Gasteiger partial charge is 0.384 e. The number of hydrogen-bond donors (Lipinski definition) is 1. The Morgan fingerprint density at radius 3 is 2.64 bits per heavy atom. The number of nitrogens with zero attached hydrogens (tertiary/aromatic N) is 5. The second-order valence-electron chi connectivity index (χ2n) is 6.01. The molecule has 6 heteroatoms. The summed E-state index contributed by atoms with van der Waals surface area (Å²) in [6, 6.07) is 17.8. The zero-order valence-electron chi connectivity index (χ0n) is 13.3. The molecule has 2 aromatic carbocycles. The van der Waals surface area contributed by atoms with Gasteiger partial charge in [-0.1, -0.05) is 41.6 Å². The highest BCUT2D eigenvalue weighted by Gasteiger charge is 2.17. The van der Waals surface area contributed by atoms with Gasteiger partial charge < -0.3 is 5.73 Å². The number of rotatable bonds is 0. The zero-order chi connectivity index (χ0) is 16.8. The molecule has 0 unspecified atom stereocenters. The van der Waals surface area contributed by atoms with Crippen LogP contribution in [0.25, 0.3) is 28.3 Å². The first-order chi connectivity index (χ1) is 12.3. The summed E-state index contributed by atoms with van der Waals surface area (Å²) in [5.41, 5.74) is 11.7. The fraction of sp³-hybridized carbons (Fsp3) is 0.0526. The predicted octanol–water partition coefficient (Wildman–Crippen LogP) is 2.88. The lowest BCUT2D eigenvalue weighted by Gasteiger charge is -2.10. The van der Waals surface area contributed by atoms with Crippen LogP contribution in [-0.4, -0.2) is 25.0 Å². The van der Waals surface area contributed by atoms with Gasteiger partial charge in [-0.15, -0.1) is 5.10 Å². The SMILES string of the molecule is Nc1cc2nc(n1)-c1ccccc1-n1cc(nn1)-c1ccccc1C2. The Kier molecular flexibility index (Phi) is 2.90. The second-order valence-corrected chi connectivity index (χ2v) is 6.01. The van der Waals surface area contributed by atoms with Crippen molar-refractivity contribution >= 4 is 5.82 Å². The first-order valence-corrected chi connectivity index (χ1v) is 8.02. The van der Waals surface area contributed by atoms with Gasteiger partial charge >= 0.3 is 0 Å². The molecule has 0 fully saturated rings. The molecule has 4 aromatic rings. The highest BCUT2D eigenvalue weighted by atomic mass is 15.4. The summed E-state index contributed by atoms with van der Waals surface area (Å²) in [6.45, 7) is 0. The number of para-hydroxylation sites is 1. The molecule has 0 amide bonds. The van der Waals surface area contributed by atoms with Gasteiger partial charge in [0, 0.05) is 23.6 Å². The first-order valence-electron chi connectivity index (χ1n) is 8.02. The van der Waals surface area contributed by atoms with E-state index in [0.29, 0.717) is 18.1 Å². The third-order valence-corrected chi connectivity index (χ3v) is 4.35. The van der Waals surface area contributed by atoms with E-state index in [0.717, 1.165) is 33.8 Å². The van der Waals surface area contributed by atoms with E-state index in [-0.39, 0.29) is 0 Å². The van der Waals surface area contributed by atoms with Crippen LogP contribution < -0.4 is 5.73 Å². The molecule has 1 aliphatic heterocycles. The van der Waals surface area contributed by atoms with Crippen LogP contribution >= 0.6 is 0 Å². The average molecular weight is 326 g/mol. The Bertz CT molecular complexity index is 1100. The Morgan fingerprint density at radius 2 is 1.72 bits per heavy atom. The number of aromatic nitrogens is 5. The number of hydrogen-bond acceptors (Lipinski definition) is 5. The van der Waals surface area contributed by atoms with Crippen molar-refractivity contribution in [1.29, 1.82) is 0 Å². The Balaban J connectivity index is 1.87. The fourth-order valence-corrected chi connectivity index (χ4v) is 3.22. The van der Waals surface area contributed by atoms with Gasteiger partial charge in [-0.05, 0) is 17.7 Å². The van der Waals surface area contributed by atoms with Gasteiger partial charge in [0.2, 0.25) is 0 Å². The van der Waals surface area contributed by atoms with Crippen LogP contribution in [0.2, 0.25) is 0 Å². The lowest BCUT2D eigenvalue weighted by atomic mass is 10.0. The van der Waals surface area contributed by atoms with Crippen molar-refractivity contribution < 1.29 is 0 Å². The molecular weight excluding hydrogens is 312 g/mol. The molecule has 1 aliphatic rings. The monoisotopic (exact) mass is 326 g/mol. The van der Waals surface area contributed by atoms with E-state index in [1.165, 1.54) is 0 Å². The summed E-state index contributed by atoms with van der Waals surface area (Å²) in [5.74, 6) is 1.06. The number of nitrogens with two attached hydrogens (primary N) is 1. The van der Waals surface area contributed by atoms with E-state index < -0.39 is 0 Å². The number of anilines is 1. The minimum atomic E-state index is 0.463. The zero-order valence-corrected chi connectivity index (χ0v) is 13.3. The molecule has 120 valence electrons. The molecule has 0 aliphatic carbocycles. The van der Waals surface area contributed by atoms with Crippen LogP contribution in [0.15, 0.2) is 60.8 Å². The first kappa shape index (κ1) is 13.9. The number of fused-ring (bicyclic) bond motifs is 9. The Morgan fingerprint density at radius 1 is 0.920 bits per heavy atom. The summed E-state index contributed by atoms with van der Waals surface area (Å²) < 4.78 is 1.76. The van der Waals surface area contributed by atoms with E-state index >= 15 is 0 Å². The third-order valence-electron chi connectivity index (χ3n) is 4.35. The van der Waals surface area contributed by atoms with E-state index in [9.17, 15) is 0 Å². The van der Waals surface area contributed by atoms with Gasteiger partial charge in [0.15, 0.2) is 5.82 Å². The van der Waals surface area contributed by atoms with Gasteiger partial charge in [-0.3, -0.25) is 0 Å². The highest BCUT2D eigenvalue weighted by molar-refractivity contribution is 5.70. The summed E-state index contributed by atoms with van der Waals surface area (Å²) >= 11 is 0. The molecule has 0 saturated heterocycles. The third kappa shape index (κ3) is 2.27. The molecule has 2 aromatic heterocycles. The molecule has 0 saturated carbocycles. The molecule has 4 bridgehead atoms. The smallest absolute Gasteiger partial charge is 0.163 e. The van der Waals surface area contributed by atoms with Crippen molar-refractivity contribution in [3.63, 3.8) is 0 Å². The summed E-state index contributed by atoms with van der Waals surface area (Å²) in [6.07, 6.45) is 2.60. The normalized spacial score (nSPS) is 12.0. The maximum Gasteiger partial charge on any atom is 0.163 e. The standard InChI is InChI=1S/C19H14N6/c20-18-10-13-9-12-5-1-2-6-14(12)16-11-25(24-23-16)17-8-4-3-7-15(17)19(21-13)22-18/h1-8,10-11H,9H2,(H2,20,21,22). The van der Waals surface area contributed by atoms with Crippen molar-refractivity contribution in [2.75, 3.05) is 5.73 Å². The van der Waals surface area contributed by atoms with E-state index in [1.54, 1.807) is 4.68 Å². The van der Waals surface area contributed by atoms with Crippen molar-refractivity contribution in [2.45, 2.75) is 6.42 Å². The molecule has 0 spiro atoms. The quantitative estimate of drug-likeness (QED) is 0.473. The number of benzene rings is 2. The highest BCUT2D eigenvalue weighted by Crippen LogP contribution is 2.29. The fourth-order valence-electron chi connectivity index (χ4n) is 3.22. The molecule has 0 atom stereocenters. The van der Waals surface area contributed by atoms with Crippen LogP contribution in [0.4, 0.5) is 5.82 Å². The summed E-state index contributed by atoms with van der Waals surface area (Å²) in [4.78, 5) is 9.18. The topological polar surface area (TPSA) is 82.5 Å². The maximum atomic E-state index is 6.05. The van der Waals surface area contributed by atoms with Crippen LogP contribution in [0, 0.1) is 0 Å². The molecule has 2 N–H and O–H groups in total. The number of nitrogen functional groups attached to an aromatic ring is 1. The molecule has 0 radical (unpaired) electrons. The Labute approximate surface area is 144 Å². The van der Waals surface area contributed by atoms with Crippen LogP contribution in [0.3, 0.4) is 0 Å². The molecule has 25 heavy (non-hydrogen) atoms. The second kappa shape index (κ2) is 5.24. The van der Waals surface area contributed by atoms with Crippen LogP contribution in [0.1, 0.15) is 11.3 Å². The van der Waals surface area contributed by atoms with Gasteiger partial charge in [-0.25, -0.2) is 14.6 Å². The van der Waals surface area contributed by atoms with Gasteiger partial charge in [0.25, 0.3) is 0 Å². The molecule has 6 nitrogen and oxygen atoms in total. The minimum absolute atomic E-state index is 0.463.